The molecule has 0 aliphatic heterocycles. The second kappa shape index (κ2) is 4.79. The van der Waals surface area contributed by atoms with Gasteiger partial charge in [-0.15, -0.1) is 17.0 Å². The monoisotopic (exact) mass is 269 g/mol. The first-order chi connectivity index (χ1) is 4.34. The molecule has 1 nitrogen and oxygen atoms in total. The van der Waals surface area contributed by atoms with E-state index < -0.39 is 5.95 Å². The van der Waals surface area contributed by atoms with Gasteiger partial charge in [-0.2, -0.15) is 4.39 Å². The van der Waals surface area contributed by atoms with Gasteiger partial charge in [0.25, 0.3) is 0 Å². The first-order valence-electron chi connectivity index (χ1n) is 2.50. The summed E-state index contributed by atoms with van der Waals surface area (Å²) in [6, 6.07) is 3.40. The molecule has 0 fully saturated rings. The number of halogens is 3. The zero-order valence-electron chi connectivity index (χ0n) is 5.05. The standard InChI is InChI=1S/C6H5BrFN.BrH/c7-4-5-2-1-3-9-6(5)8;/h1-3H,4H2;1H. The van der Waals surface area contributed by atoms with Crippen molar-refractivity contribution in [3.63, 3.8) is 0 Å². The molecule has 0 bridgehead atoms. The lowest BCUT2D eigenvalue weighted by Crippen LogP contribution is -1.87. The molecule has 0 aliphatic rings. The smallest absolute Gasteiger partial charge is 0.216 e. The zero-order chi connectivity index (χ0) is 6.69. The Labute approximate surface area is 77.6 Å². The summed E-state index contributed by atoms with van der Waals surface area (Å²) in [4.78, 5) is 3.45. The highest BCUT2D eigenvalue weighted by atomic mass is 79.9. The van der Waals surface area contributed by atoms with E-state index in [-0.39, 0.29) is 17.0 Å². The van der Waals surface area contributed by atoms with Crippen molar-refractivity contribution in [2.24, 2.45) is 0 Å². The molecule has 0 radical (unpaired) electrons. The van der Waals surface area contributed by atoms with Gasteiger partial charge in [-0.05, 0) is 6.07 Å². The van der Waals surface area contributed by atoms with Crippen LogP contribution in [0.4, 0.5) is 4.39 Å². The van der Waals surface area contributed by atoms with Crippen LogP contribution in [0.15, 0.2) is 18.3 Å². The van der Waals surface area contributed by atoms with Crippen LogP contribution in [0.25, 0.3) is 0 Å². The first kappa shape index (κ1) is 10.0. The van der Waals surface area contributed by atoms with E-state index in [0.717, 1.165) is 0 Å². The van der Waals surface area contributed by atoms with Gasteiger partial charge in [0.15, 0.2) is 0 Å². The molecule has 1 rings (SSSR count). The minimum Gasteiger partial charge on any atom is -0.228 e. The molecule has 0 amide bonds. The Morgan fingerprint density at radius 3 is 2.70 bits per heavy atom. The van der Waals surface area contributed by atoms with Crippen molar-refractivity contribution in [1.29, 1.82) is 0 Å². The molecule has 0 aromatic carbocycles. The predicted molar refractivity (Wildman–Crippen MR) is 47.1 cm³/mol. The Morgan fingerprint density at radius 2 is 2.30 bits per heavy atom. The Hall–Kier alpha value is 0.0400. The van der Waals surface area contributed by atoms with Crippen LogP contribution >= 0.6 is 32.9 Å². The number of hydrogen-bond donors (Lipinski definition) is 0. The Balaban J connectivity index is 0.000000810. The minimum absolute atomic E-state index is 0. The third-order valence-corrected chi connectivity index (χ3v) is 1.58. The summed E-state index contributed by atoms with van der Waals surface area (Å²) in [5, 5.41) is 0.521. The number of hydrogen-bond acceptors (Lipinski definition) is 1. The van der Waals surface area contributed by atoms with Crippen LogP contribution < -0.4 is 0 Å². The highest BCUT2D eigenvalue weighted by molar-refractivity contribution is 9.08. The minimum atomic E-state index is -0.394. The van der Waals surface area contributed by atoms with Crippen LogP contribution in [0, 0.1) is 5.95 Å². The molecule has 0 saturated carbocycles. The maximum Gasteiger partial charge on any atom is 0.216 e. The summed E-state index contributed by atoms with van der Waals surface area (Å²) in [6.45, 7) is 0. The van der Waals surface area contributed by atoms with Crippen molar-refractivity contribution in [3.05, 3.63) is 29.8 Å². The Morgan fingerprint density at radius 1 is 1.60 bits per heavy atom. The van der Waals surface area contributed by atoms with Crippen LogP contribution in [0.1, 0.15) is 5.56 Å². The number of pyridine rings is 1. The van der Waals surface area contributed by atoms with Gasteiger partial charge in [-0.1, -0.05) is 22.0 Å². The van der Waals surface area contributed by atoms with E-state index in [1.165, 1.54) is 6.20 Å². The van der Waals surface area contributed by atoms with Crippen molar-refractivity contribution in [1.82, 2.24) is 4.98 Å². The van der Waals surface area contributed by atoms with Crippen molar-refractivity contribution in [3.8, 4) is 0 Å². The van der Waals surface area contributed by atoms with Gasteiger partial charge in [0.05, 0.1) is 0 Å². The molecule has 4 heteroatoms. The van der Waals surface area contributed by atoms with Crippen LogP contribution in [0.2, 0.25) is 0 Å². The summed E-state index contributed by atoms with van der Waals surface area (Å²) in [5.74, 6) is -0.394. The fraction of sp³-hybridized carbons (Fsp3) is 0.167. The van der Waals surface area contributed by atoms with Crippen molar-refractivity contribution >= 4 is 32.9 Å². The number of aromatic nitrogens is 1. The van der Waals surface area contributed by atoms with Crippen LogP contribution in [0.5, 0.6) is 0 Å². The zero-order valence-corrected chi connectivity index (χ0v) is 8.35. The number of rotatable bonds is 1. The molecule has 10 heavy (non-hydrogen) atoms. The SMILES string of the molecule is Br.Fc1ncccc1CBr. The van der Waals surface area contributed by atoms with E-state index in [2.05, 4.69) is 20.9 Å². The molecule has 1 heterocycles. The van der Waals surface area contributed by atoms with Crippen molar-refractivity contribution < 1.29 is 4.39 Å². The van der Waals surface area contributed by atoms with Gasteiger partial charge in [0, 0.05) is 17.1 Å². The second-order valence-electron chi connectivity index (χ2n) is 1.59. The molecule has 0 atom stereocenters. The lowest BCUT2D eigenvalue weighted by molar-refractivity contribution is 0.573. The average molecular weight is 271 g/mol. The van der Waals surface area contributed by atoms with Gasteiger partial charge in [-0.25, -0.2) is 4.98 Å². The van der Waals surface area contributed by atoms with Gasteiger partial charge in [-0.3, -0.25) is 0 Å². The molecule has 56 valence electrons. The van der Waals surface area contributed by atoms with Crippen molar-refractivity contribution in [2.45, 2.75) is 5.33 Å². The molecule has 0 aliphatic carbocycles. The average Bonchev–Trinajstić information content (AvgIpc) is 1.89. The normalized spacial score (nSPS) is 8.60. The third kappa shape index (κ3) is 2.34. The Kier molecular flexibility index (Phi) is 4.81. The van der Waals surface area contributed by atoms with Crippen LogP contribution in [0.3, 0.4) is 0 Å². The van der Waals surface area contributed by atoms with Crippen LogP contribution in [-0.4, -0.2) is 4.98 Å². The maximum atomic E-state index is 12.4. The summed E-state index contributed by atoms with van der Waals surface area (Å²) >= 11 is 3.13. The molecule has 0 unspecified atom stereocenters. The van der Waals surface area contributed by atoms with E-state index in [0.29, 0.717) is 10.9 Å². The largest absolute Gasteiger partial charge is 0.228 e. The summed E-state index contributed by atoms with van der Waals surface area (Å²) in [7, 11) is 0. The Bertz CT molecular complexity index is 205. The third-order valence-electron chi connectivity index (χ3n) is 0.980. The molecule has 1 aromatic rings. The molecule has 0 saturated heterocycles. The van der Waals surface area contributed by atoms with E-state index in [1.54, 1.807) is 12.1 Å². The fourth-order valence-electron chi connectivity index (χ4n) is 0.519. The first-order valence-corrected chi connectivity index (χ1v) is 3.62. The molecular weight excluding hydrogens is 265 g/mol. The maximum absolute atomic E-state index is 12.4. The fourth-order valence-corrected chi connectivity index (χ4v) is 0.937. The van der Waals surface area contributed by atoms with Crippen molar-refractivity contribution in [2.75, 3.05) is 0 Å². The second-order valence-corrected chi connectivity index (χ2v) is 2.15. The van der Waals surface area contributed by atoms with Gasteiger partial charge < -0.3 is 0 Å². The van der Waals surface area contributed by atoms with E-state index in [4.69, 9.17) is 0 Å². The molecular formula is C6H6Br2FN. The summed E-state index contributed by atoms with van der Waals surface area (Å²) in [5.41, 5.74) is 0.595. The summed E-state index contributed by atoms with van der Waals surface area (Å²) in [6.07, 6.45) is 1.43. The molecule has 0 spiro atoms. The number of alkyl halides is 1. The van der Waals surface area contributed by atoms with Crippen LogP contribution in [-0.2, 0) is 5.33 Å². The highest BCUT2D eigenvalue weighted by Gasteiger charge is 1.96. The molecule has 1 aromatic heterocycles. The molecule has 0 N–H and O–H groups in total. The quantitative estimate of drug-likeness (QED) is 0.565. The summed E-state index contributed by atoms with van der Waals surface area (Å²) < 4.78 is 12.4. The topological polar surface area (TPSA) is 12.9 Å². The lowest BCUT2D eigenvalue weighted by atomic mass is 10.3. The van der Waals surface area contributed by atoms with Gasteiger partial charge in [0.1, 0.15) is 0 Å². The van der Waals surface area contributed by atoms with Gasteiger partial charge >= 0.3 is 0 Å². The van der Waals surface area contributed by atoms with E-state index in [1.807, 2.05) is 0 Å². The van der Waals surface area contributed by atoms with Gasteiger partial charge in [0.2, 0.25) is 5.95 Å². The highest BCUT2D eigenvalue weighted by Crippen LogP contribution is 2.06. The van der Waals surface area contributed by atoms with E-state index >= 15 is 0 Å². The predicted octanol–water partition coefficient (Wildman–Crippen LogP) is 2.69. The number of nitrogens with zero attached hydrogens (tertiary/aromatic N) is 1. The lowest BCUT2D eigenvalue weighted by Gasteiger charge is -1.92. The van der Waals surface area contributed by atoms with E-state index in [9.17, 15) is 4.39 Å².